The SMILES string of the molecule is C#Sc1ccc(C(=O)O)cc1. The van der Waals surface area contributed by atoms with Crippen molar-refractivity contribution < 1.29 is 9.90 Å². The molecule has 0 aromatic heterocycles. The molecule has 0 bridgehead atoms. The van der Waals surface area contributed by atoms with Crippen LogP contribution in [-0.2, 0) is 0 Å². The molecule has 0 aliphatic rings. The van der Waals surface area contributed by atoms with Crippen molar-refractivity contribution in [3.05, 3.63) is 29.8 Å². The Morgan fingerprint density at radius 3 is 2.27 bits per heavy atom. The van der Waals surface area contributed by atoms with Crippen LogP contribution in [-0.4, -0.2) is 11.1 Å². The van der Waals surface area contributed by atoms with Crippen LogP contribution in [0.15, 0.2) is 29.2 Å². The van der Waals surface area contributed by atoms with E-state index in [1.807, 2.05) is 0 Å². The van der Waals surface area contributed by atoms with Crippen LogP contribution in [0.5, 0.6) is 0 Å². The van der Waals surface area contributed by atoms with Crippen LogP contribution in [0, 0.1) is 5.69 Å². The monoisotopic (exact) mass is 166 g/mol. The van der Waals surface area contributed by atoms with Gasteiger partial charge in [0.05, 0.1) is 5.56 Å². The van der Waals surface area contributed by atoms with Gasteiger partial charge in [0.25, 0.3) is 0 Å². The summed E-state index contributed by atoms with van der Waals surface area (Å²) in [6, 6.07) is 6.40. The Bertz CT molecular complexity index is 308. The van der Waals surface area contributed by atoms with E-state index in [-0.39, 0.29) is 5.56 Å². The highest BCUT2D eigenvalue weighted by molar-refractivity contribution is 7.88. The van der Waals surface area contributed by atoms with E-state index >= 15 is 0 Å². The lowest BCUT2D eigenvalue weighted by Gasteiger charge is -1.92. The van der Waals surface area contributed by atoms with Crippen molar-refractivity contribution in [2.24, 2.45) is 0 Å². The standard InChI is InChI=1S/C8H6O2S/c1-11-7-4-2-6(3-5-7)8(9)10/h1-5H,(H,9,10). The Kier molecular flexibility index (Phi) is 2.26. The molecule has 0 fully saturated rings. The molecule has 0 aliphatic carbocycles. The largest absolute Gasteiger partial charge is 0.478 e. The van der Waals surface area contributed by atoms with Crippen LogP contribution >= 0.6 is 11.2 Å². The van der Waals surface area contributed by atoms with Gasteiger partial charge in [-0.1, -0.05) is 0 Å². The molecule has 56 valence electrons. The van der Waals surface area contributed by atoms with Gasteiger partial charge in [0, 0.05) is 4.90 Å². The predicted octanol–water partition coefficient (Wildman–Crippen LogP) is 2.07. The average molecular weight is 166 g/mol. The minimum absolute atomic E-state index is 0.280. The zero-order valence-electron chi connectivity index (χ0n) is 5.65. The Morgan fingerprint density at radius 1 is 1.36 bits per heavy atom. The molecule has 11 heavy (non-hydrogen) atoms. The first-order valence-corrected chi connectivity index (χ1v) is 3.82. The molecule has 1 N–H and O–H groups in total. The summed E-state index contributed by atoms with van der Waals surface area (Å²) in [6.07, 6.45) is 0. The normalized spacial score (nSPS) is 9.00. The maximum absolute atomic E-state index is 10.4. The van der Waals surface area contributed by atoms with Gasteiger partial charge in [0.15, 0.2) is 0 Å². The van der Waals surface area contributed by atoms with Crippen LogP contribution in [0.4, 0.5) is 0 Å². The molecule has 0 amide bonds. The van der Waals surface area contributed by atoms with Crippen molar-refractivity contribution in [3.8, 4) is 5.69 Å². The Hall–Kier alpha value is -1.31. The van der Waals surface area contributed by atoms with E-state index in [0.29, 0.717) is 0 Å². The first-order chi connectivity index (χ1) is 5.24. The van der Waals surface area contributed by atoms with Crippen LogP contribution in [0.3, 0.4) is 0 Å². The number of aromatic carboxylic acids is 1. The van der Waals surface area contributed by atoms with Gasteiger partial charge in [0.1, 0.15) is 0 Å². The summed E-state index contributed by atoms with van der Waals surface area (Å²) in [5, 5.41) is 8.51. The van der Waals surface area contributed by atoms with Crippen molar-refractivity contribution in [1.82, 2.24) is 0 Å². The number of benzene rings is 1. The summed E-state index contributed by atoms with van der Waals surface area (Å²) in [4.78, 5) is 11.2. The molecule has 3 heteroatoms. The summed E-state index contributed by atoms with van der Waals surface area (Å²) >= 11 is 1.10. The van der Waals surface area contributed by atoms with E-state index in [2.05, 4.69) is 0 Å². The number of hydrogen-bond acceptors (Lipinski definition) is 1. The van der Waals surface area contributed by atoms with Crippen LogP contribution < -0.4 is 0 Å². The quantitative estimate of drug-likeness (QED) is 0.693. The fourth-order valence-electron chi connectivity index (χ4n) is 0.676. The third-order valence-electron chi connectivity index (χ3n) is 1.24. The third kappa shape index (κ3) is 1.80. The van der Waals surface area contributed by atoms with E-state index in [0.717, 1.165) is 16.1 Å². The minimum atomic E-state index is -0.918. The lowest BCUT2D eigenvalue weighted by atomic mass is 10.2. The first kappa shape index (κ1) is 7.79. The second-order valence-electron chi connectivity index (χ2n) is 1.95. The molecule has 1 aromatic carbocycles. The fraction of sp³-hybridized carbons (Fsp3) is 0. The summed E-state index contributed by atoms with van der Waals surface area (Å²) in [5.74, 6) is -0.918. The zero-order valence-corrected chi connectivity index (χ0v) is 6.47. The van der Waals surface area contributed by atoms with E-state index in [1.54, 1.807) is 12.1 Å². The van der Waals surface area contributed by atoms with E-state index in [4.69, 9.17) is 10.8 Å². The molecule has 0 atom stereocenters. The molecule has 0 aliphatic heterocycles. The van der Waals surface area contributed by atoms with Gasteiger partial charge >= 0.3 is 5.97 Å². The number of carboxylic acid groups (broad SMARTS) is 1. The highest BCUT2D eigenvalue weighted by Crippen LogP contribution is 2.09. The predicted molar refractivity (Wildman–Crippen MR) is 44.2 cm³/mol. The molecule has 0 spiro atoms. The van der Waals surface area contributed by atoms with E-state index in [9.17, 15) is 4.79 Å². The van der Waals surface area contributed by atoms with Crippen LogP contribution in [0.25, 0.3) is 0 Å². The zero-order chi connectivity index (χ0) is 8.27. The van der Waals surface area contributed by atoms with Gasteiger partial charge in [-0.05, 0) is 24.3 Å². The van der Waals surface area contributed by atoms with Gasteiger partial charge in [-0.25, -0.2) is 4.79 Å². The second-order valence-corrected chi connectivity index (χ2v) is 2.65. The number of rotatable bonds is 1. The Labute approximate surface area is 68.1 Å². The van der Waals surface area contributed by atoms with Gasteiger partial charge in [0.2, 0.25) is 0 Å². The molecule has 1 rings (SSSR count). The summed E-state index contributed by atoms with van der Waals surface area (Å²) in [5.41, 5.74) is 5.53. The van der Waals surface area contributed by atoms with E-state index < -0.39 is 5.97 Å². The van der Waals surface area contributed by atoms with Crippen molar-refractivity contribution in [3.63, 3.8) is 0 Å². The molecule has 0 saturated heterocycles. The molecular weight excluding hydrogens is 160 g/mol. The highest BCUT2D eigenvalue weighted by Gasteiger charge is 1.99. The average Bonchev–Trinajstić information content (AvgIpc) is 2.05. The highest BCUT2D eigenvalue weighted by atomic mass is 32.1. The second kappa shape index (κ2) is 3.19. The van der Waals surface area contributed by atoms with Gasteiger partial charge in [-0.2, -0.15) is 0 Å². The topological polar surface area (TPSA) is 37.3 Å². The molecule has 0 heterocycles. The minimum Gasteiger partial charge on any atom is -0.478 e. The molecular formula is C8H6O2S. The van der Waals surface area contributed by atoms with Gasteiger partial charge in [-0.3, -0.25) is 0 Å². The molecule has 0 unspecified atom stereocenters. The number of hydrogen-bond donors (Lipinski definition) is 1. The number of carbonyl (C=O) groups is 1. The number of carboxylic acids is 1. The van der Waals surface area contributed by atoms with E-state index in [1.165, 1.54) is 12.1 Å². The van der Waals surface area contributed by atoms with Crippen LogP contribution in [0.1, 0.15) is 10.4 Å². The van der Waals surface area contributed by atoms with Gasteiger partial charge < -0.3 is 5.11 Å². The Balaban J connectivity index is 3.03. The van der Waals surface area contributed by atoms with Crippen molar-refractivity contribution >= 4 is 17.1 Å². The smallest absolute Gasteiger partial charge is 0.335 e. The fourth-order valence-corrected chi connectivity index (χ4v) is 0.969. The van der Waals surface area contributed by atoms with Crippen molar-refractivity contribution in [2.75, 3.05) is 0 Å². The summed E-state index contributed by atoms with van der Waals surface area (Å²) in [7, 11) is 0. The molecule has 2 nitrogen and oxygen atoms in total. The van der Waals surface area contributed by atoms with Gasteiger partial charge in [-0.15, -0.1) is 16.9 Å². The lowest BCUT2D eigenvalue weighted by Crippen LogP contribution is -1.94. The summed E-state index contributed by atoms with van der Waals surface area (Å²) in [6.45, 7) is 0. The third-order valence-corrected chi connectivity index (χ3v) is 1.78. The molecule has 0 saturated carbocycles. The molecule has 1 aromatic rings. The lowest BCUT2D eigenvalue weighted by molar-refractivity contribution is 0.0697. The Morgan fingerprint density at radius 2 is 1.91 bits per heavy atom. The maximum Gasteiger partial charge on any atom is 0.335 e. The van der Waals surface area contributed by atoms with Crippen LogP contribution in [0.2, 0.25) is 0 Å². The van der Waals surface area contributed by atoms with Crippen molar-refractivity contribution in [1.29, 1.82) is 0 Å². The van der Waals surface area contributed by atoms with Crippen molar-refractivity contribution in [2.45, 2.75) is 4.90 Å². The summed E-state index contributed by atoms with van der Waals surface area (Å²) < 4.78 is 0. The maximum atomic E-state index is 10.4. The molecule has 0 radical (unpaired) electrons. The first-order valence-electron chi connectivity index (χ1n) is 2.94.